The number of rotatable bonds is 12. The van der Waals surface area contributed by atoms with Gasteiger partial charge in [0.15, 0.2) is 6.61 Å². The van der Waals surface area contributed by atoms with Crippen LogP contribution in [0.25, 0.3) is 0 Å². The number of amides is 1. The van der Waals surface area contributed by atoms with Gasteiger partial charge in [-0.05, 0) is 74.0 Å². The molecule has 1 amide bonds. The van der Waals surface area contributed by atoms with Crippen molar-refractivity contribution in [2.24, 2.45) is 17.8 Å². The van der Waals surface area contributed by atoms with E-state index in [0.29, 0.717) is 17.8 Å². The molecule has 7 heteroatoms. The zero-order chi connectivity index (χ0) is 29.6. The van der Waals surface area contributed by atoms with Crippen LogP contribution in [0.4, 0.5) is 0 Å². The van der Waals surface area contributed by atoms with E-state index in [0.717, 1.165) is 83.5 Å². The van der Waals surface area contributed by atoms with E-state index in [-0.39, 0.29) is 30.5 Å². The highest BCUT2D eigenvalue weighted by atomic mass is 16.5. The molecule has 4 fully saturated rings. The summed E-state index contributed by atoms with van der Waals surface area (Å²) < 4.78 is 5.85. The van der Waals surface area contributed by atoms with E-state index < -0.39 is 5.97 Å². The summed E-state index contributed by atoms with van der Waals surface area (Å²) in [4.78, 5) is 33.0. The van der Waals surface area contributed by atoms with Crippen LogP contribution in [0.5, 0.6) is 5.75 Å². The summed E-state index contributed by atoms with van der Waals surface area (Å²) >= 11 is 0. The van der Waals surface area contributed by atoms with E-state index in [1.54, 1.807) is 0 Å². The Labute approximate surface area is 257 Å². The molecular weight excluding hydrogens is 538 g/mol. The molecule has 2 saturated carbocycles. The summed E-state index contributed by atoms with van der Waals surface area (Å²) in [5, 5.41) is 10.4. The molecule has 43 heavy (non-hydrogen) atoms. The molecule has 6 rings (SSSR count). The lowest BCUT2D eigenvalue weighted by Gasteiger charge is -2.40. The van der Waals surface area contributed by atoms with Gasteiger partial charge in [-0.25, -0.2) is 0 Å². The van der Waals surface area contributed by atoms with E-state index in [1.165, 1.54) is 24.8 Å². The lowest BCUT2D eigenvalue weighted by molar-refractivity contribution is -0.145. The highest BCUT2D eigenvalue weighted by molar-refractivity contribution is 5.78. The predicted molar refractivity (Wildman–Crippen MR) is 168 cm³/mol. The third-order valence-electron chi connectivity index (χ3n) is 10.5. The summed E-state index contributed by atoms with van der Waals surface area (Å²) in [5.74, 6) is 1.84. The van der Waals surface area contributed by atoms with Crippen LogP contribution in [0, 0.1) is 17.8 Å². The van der Waals surface area contributed by atoms with Gasteiger partial charge in [-0.2, -0.15) is 0 Å². The largest absolute Gasteiger partial charge is 0.484 e. The third kappa shape index (κ3) is 7.79. The van der Waals surface area contributed by atoms with E-state index in [4.69, 9.17) is 4.74 Å². The quantitative estimate of drug-likeness (QED) is 0.353. The number of carboxylic acid groups (broad SMARTS) is 1. The maximum Gasteiger partial charge on any atom is 0.321 e. The first kappa shape index (κ1) is 30.1. The fourth-order valence-electron chi connectivity index (χ4n) is 8.02. The van der Waals surface area contributed by atoms with Crippen LogP contribution in [-0.2, 0) is 9.59 Å². The molecule has 1 N–H and O–H groups in total. The Morgan fingerprint density at radius 1 is 0.860 bits per heavy atom. The smallest absolute Gasteiger partial charge is 0.321 e. The Bertz CT molecular complexity index is 1180. The van der Waals surface area contributed by atoms with Gasteiger partial charge in [-0.1, -0.05) is 67.8 Å². The molecule has 0 radical (unpaired) electrons. The van der Waals surface area contributed by atoms with Crippen LogP contribution in [0.15, 0.2) is 60.7 Å². The summed E-state index contributed by atoms with van der Waals surface area (Å²) in [6.45, 7) is 5.54. The topological polar surface area (TPSA) is 73.3 Å². The molecule has 2 aliphatic heterocycles. The van der Waals surface area contributed by atoms with E-state index in [2.05, 4.69) is 45.0 Å². The first-order valence-corrected chi connectivity index (χ1v) is 16.8. The van der Waals surface area contributed by atoms with Crippen molar-refractivity contribution in [2.75, 3.05) is 45.9 Å². The highest BCUT2D eigenvalue weighted by Crippen LogP contribution is 2.39. The van der Waals surface area contributed by atoms with Gasteiger partial charge in [0.05, 0.1) is 0 Å². The molecule has 7 nitrogen and oxygen atoms in total. The van der Waals surface area contributed by atoms with Crippen molar-refractivity contribution >= 4 is 11.9 Å². The summed E-state index contributed by atoms with van der Waals surface area (Å²) in [5.41, 5.74) is 1.33. The molecule has 2 aliphatic carbocycles. The van der Waals surface area contributed by atoms with Gasteiger partial charge in [0.1, 0.15) is 11.8 Å². The van der Waals surface area contributed by atoms with Crippen molar-refractivity contribution in [3.05, 3.63) is 66.2 Å². The van der Waals surface area contributed by atoms with Crippen LogP contribution < -0.4 is 4.74 Å². The fraction of sp³-hybridized carbons (Fsp3) is 0.611. The minimum Gasteiger partial charge on any atom is -0.484 e. The molecule has 2 aromatic rings. The van der Waals surface area contributed by atoms with Gasteiger partial charge in [0, 0.05) is 51.2 Å². The molecule has 0 spiro atoms. The lowest BCUT2D eigenvalue weighted by atomic mass is 9.83. The van der Waals surface area contributed by atoms with Gasteiger partial charge in [0.25, 0.3) is 5.91 Å². The summed E-state index contributed by atoms with van der Waals surface area (Å²) in [6.07, 6.45) is 10.0. The lowest BCUT2D eigenvalue weighted by Crippen LogP contribution is -2.50. The number of carbonyl (C=O) groups is 2. The van der Waals surface area contributed by atoms with Crippen LogP contribution >= 0.6 is 0 Å². The molecule has 0 bridgehead atoms. The first-order chi connectivity index (χ1) is 21.0. The number of hydrogen-bond donors (Lipinski definition) is 1. The Balaban J connectivity index is 1.08. The van der Waals surface area contributed by atoms with E-state index in [9.17, 15) is 14.7 Å². The normalized spacial score (nSPS) is 24.9. The van der Waals surface area contributed by atoms with Gasteiger partial charge in [0.2, 0.25) is 0 Å². The fourth-order valence-corrected chi connectivity index (χ4v) is 8.02. The first-order valence-electron chi connectivity index (χ1n) is 16.8. The minimum absolute atomic E-state index is 0.0966. The maximum absolute atomic E-state index is 13.4. The van der Waals surface area contributed by atoms with E-state index >= 15 is 0 Å². The monoisotopic (exact) mass is 587 g/mol. The Morgan fingerprint density at radius 2 is 1.53 bits per heavy atom. The number of carbonyl (C=O) groups excluding carboxylic acids is 1. The number of likely N-dealkylation sites (tertiary alicyclic amines) is 2. The number of nitrogens with zero attached hydrogens (tertiary/aromatic N) is 3. The summed E-state index contributed by atoms with van der Waals surface area (Å²) in [6, 6.07) is 20.3. The minimum atomic E-state index is -0.642. The second-order valence-electron chi connectivity index (χ2n) is 13.5. The Hall–Kier alpha value is -2.90. The van der Waals surface area contributed by atoms with Crippen LogP contribution in [0.1, 0.15) is 69.3 Å². The number of carboxylic acids is 1. The number of piperidine rings is 1. The number of hydrogen-bond acceptors (Lipinski definition) is 5. The third-order valence-corrected chi connectivity index (χ3v) is 10.5. The molecule has 3 unspecified atom stereocenters. The number of ether oxygens (including phenoxy) is 1. The van der Waals surface area contributed by atoms with Crippen molar-refractivity contribution in [2.45, 2.75) is 75.8 Å². The predicted octanol–water partition coefficient (Wildman–Crippen LogP) is 5.52. The number of para-hydroxylation sites is 1. The van der Waals surface area contributed by atoms with Crippen molar-refractivity contribution in [1.82, 2.24) is 14.7 Å². The van der Waals surface area contributed by atoms with Gasteiger partial charge in [-0.3, -0.25) is 14.5 Å². The van der Waals surface area contributed by atoms with Crippen molar-refractivity contribution in [3.63, 3.8) is 0 Å². The molecule has 2 heterocycles. The highest BCUT2D eigenvalue weighted by Gasteiger charge is 2.43. The zero-order valence-electron chi connectivity index (χ0n) is 25.6. The molecule has 232 valence electrons. The maximum atomic E-state index is 13.4. The summed E-state index contributed by atoms with van der Waals surface area (Å²) in [7, 11) is 0. The zero-order valence-corrected chi connectivity index (χ0v) is 25.6. The molecule has 3 atom stereocenters. The van der Waals surface area contributed by atoms with E-state index in [1.807, 2.05) is 30.3 Å². The Morgan fingerprint density at radius 3 is 2.19 bits per heavy atom. The van der Waals surface area contributed by atoms with Gasteiger partial charge >= 0.3 is 5.97 Å². The Kier molecular flexibility index (Phi) is 9.99. The van der Waals surface area contributed by atoms with Crippen molar-refractivity contribution < 1.29 is 19.4 Å². The second kappa shape index (κ2) is 14.3. The van der Waals surface area contributed by atoms with Crippen molar-refractivity contribution in [1.29, 1.82) is 0 Å². The molecule has 2 aromatic carbocycles. The number of aliphatic carboxylic acids is 1. The standard InChI is InChI=1S/C36H49N3O4/c40-34(26-43-32-14-8-3-9-15-32)39(22-27-16-17-27)31-18-20-37(21-19-31)23-30-24-38(25-33(30)28-10-4-1-5-11-28)35(36(41)42)29-12-6-2-7-13-29/h1,3-5,8-11,14-15,27,29-31,33,35H,2,6-7,12-13,16-26H2,(H,41,42). The molecule has 2 saturated heterocycles. The van der Waals surface area contributed by atoms with Gasteiger partial charge < -0.3 is 19.6 Å². The molecular formula is C36H49N3O4. The second-order valence-corrected chi connectivity index (χ2v) is 13.5. The molecule has 4 aliphatic rings. The SMILES string of the molecule is O=C(O)C(C1CCCCC1)N1CC(CN2CCC(N(CC3CC3)C(=O)COc3ccccc3)CC2)C(c2ccccc2)C1. The molecule has 0 aromatic heterocycles. The average Bonchev–Trinajstić information content (AvgIpc) is 3.78. The van der Waals surface area contributed by atoms with Crippen LogP contribution in [0.3, 0.4) is 0 Å². The number of benzene rings is 2. The van der Waals surface area contributed by atoms with Crippen LogP contribution in [-0.4, -0.2) is 89.6 Å². The average molecular weight is 588 g/mol. The van der Waals surface area contributed by atoms with Gasteiger partial charge in [-0.15, -0.1) is 0 Å². The van der Waals surface area contributed by atoms with Crippen LogP contribution in [0.2, 0.25) is 0 Å². The van der Waals surface area contributed by atoms with Crippen molar-refractivity contribution in [3.8, 4) is 5.75 Å².